The average molecular weight is 735 g/mol. The molecular formula is C44H80O4Si2. The third-order valence-electron chi connectivity index (χ3n) is 14.0. The van der Waals surface area contributed by atoms with E-state index >= 15 is 0 Å². The van der Waals surface area contributed by atoms with Gasteiger partial charge in [-0.2, -0.15) is 0 Å². The summed E-state index contributed by atoms with van der Waals surface area (Å²) >= 11 is 0. The van der Waals surface area contributed by atoms with Crippen LogP contribution < -0.4 is 0 Å². The minimum atomic E-state index is -2.87. The fourth-order valence-electron chi connectivity index (χ4n) is 8.73. The Morgan fingerprint density at radius 3 is 2.00 bits per heavy atom. The standard InChI is InChI=1S/C44H80O4Si2/c1-32(21-22-33(2)43(9,10)46-40-20-16-17-28-45-40)38-25-26-39-35(19-18-27-44(38,39)11)24-23-34-29-36(47-49(12,13)41(3,4)5)31-37(30-34)48-50(14,15)42(6,7)8/h21-24,32-33,36-40H,16-20,25-31H2,1-15H3/b22-21+,35-24+/t32-,33+,36-,37-,38-,39+,40?,44-/m1/s1/i9D3,10D3. The SMILES string of the molecule is [2H]C([2H])([2H])C(OC1CCCCO1)([C@@H](C)/C=C/[C@@H](C)[C@H]1CC[C@H]2/C(=C/C=C3C[C@@H](O[Si](C)(C)C(C)(C)C)C[C@H](O[Si](C)(C)C(C)(C)C)C3)CCC[C@]12C)C([2H])([2H])[2H]. The topological polar surface area (TPSA) is 36.9 Å². The number of ether oxygens (including phenoxy) is 2. The van der Waals surface area contributed by atoms with E-state index in [-0.39, 0.29) is 33.6 Å². The summed E-state index contributed by atoms with van der Waals surface area (Å²) in [5.74, 6) is 0.175. The Balaban J connectivity index is 1.57. The summed E-state index contributed by atoms with van der Waals surface area (Å²) in [5, 5.41) is 0.293. The molecule has 6 heteroatoms. The van der Waals surface area contributed by atoms with Gasteiger partial charge in [0.1, 0.15) is 0 Å². The Labute approximate surface area is 320 Å². The van der Waals surface area contributed by atoms with Crippen LogP contribution in [0.2, 0.25) is 36.3 Å². The summed E-state index contributed by atoms with van der Waals surface area (Å²) in [7, 11) is -3.93. The lowest BCUT2D eigenvalue weighted by Crippen LogP contribution is -2.48. The average Bonchev–Trinajstić information content (AvgIpc) is 3.40. The zero-order chi connectivity index (χ0) is 42.3. The molecular weight excluding hydrogens is 649 g/mol. The fraction of sp³-hybridized carbons (Fsp3) is 0.864. The Morgan fingerprint density at radius 2 is 1.46 bits per heavy atom. The highest BCUT2D eigenvalue weighted by Crippen LogP contribution is 2.59. The van der Waals surface area contributed by atoms with E-state index in [2.05, 4.69) is 99.8 Å². The van der Waals surface area contributed by atoms with Gasteiger partial charge in [0.2, 0.25) is 0 Å². The molecule has 0 amide bonds. The predicted octanol–water partition coefficient (Wildman–Crippen LogP) is 13.2. The van der Waals surface area contributed by atoms with Crippen LogP contribution in [0.15, 0.2) is 35.5 Å². The van der Waals surface area contributed by atoms with Crippen molar-refractivity contribution in [2.24, 2.45) is 29.1 Å². The molecule has 0 radical (unpaired) electrons. The van der Waals surface area contributed by atoms with Crippen LogP contribution in [0.3, 0.4) is 0 Å². The van der Waals surface area contributed by atoms with Crippen molar-refractivity contribution in [1.82, 2.24) is 0 Å². The maximum atomic E-state index is 8.47. The van der Waals surface area contributed by atoms with Crippen LogP contribution in [0, 0.1) is 29.1 Å². The van der Waals surface area contributed by atoms with E-state index < -0.39 is 48.1 Å². The first-order valence-corrected chi connectivity index (χ1v) is 26.0. The Bertz CT molecular complexity index is 1360. The molecule has 8 atom stereocenters. The van der Waals surface area contributed by atoms with E-state index in [4.69, 9.17) is 26.6 Å². The van der Waals surface area contributed by atoms with Crippen molar-refractivity contribution in [2.45, 2.75) is 207 Å². The summed E-state index contributed by atoms with van der Waals surface area (Å²) in [5.41, 5.74) is 0.743. The van der Waals surface area contributed by atoms with Gasteiger partial charge in [-0.3, -0.25) is 0 Å². The molecule has 1 saturated heterocycles. The number of allylic oxidation sites excluding steroid dienone is 4. The van der Waals surface area contributed by atoms with Gasteiger partial charge in [-0.05, 0) is 144 Å². The molecule has 0 aromatic rings. The maximum Gasteiger partial charge on any atom is 0.192 e. The lowest BCUT2D eigenvalue weighted by Gasteiger charge is -2.45. The molecule has 0 bridgehead atoms. The van der Waals surface area contributed by atoms with Gasteiger partial charge in [-0.15, -0.1) is 0 Å². The van der Waals surface area contributed by atoms with Gasteiger partial charge in [0, 0.05) is 20.7 Å². The van der Waals surface area contributed by atoms with Gasteiger partial charge in [-0.1, -0.05) is 97.8 Å². The summed E-state index contributed by atoms with van der Waals surface area (Å²) < 4.78 is 76.8. The zero-order valence-corrected chi connectivity index (χ0v) is 36.5. The van der Waals surface area contributed by atoms with Crippen molar-refractivity contribution in [1.29, 1.82) is 0 Å². The molecule has 0 aromatic carbocycles. The minimum Gasteiger partial charge on any atom is -0.414 e. The molecule has 0 spiro atoms. The quantitative estimate of drug-likeness (QED) is 0.156. The largest absolute Gasteiger partial charge is 0.414 e. The molecule has 288 valence electrons. The third kappa shape index (κ3) is 10.2. The predicted molar refractivity (Wildman–Crippen MR) is 219 cm³/mol. The second-order valence-electron chi connectivity index (χ2n) is 20.0. The molecule has 1 aliphatic heterocycles. The van der Waals surface area contributed by atoms with Crippen molar-refractivity contribution < 1.29 is 26.6 Å². The molecule has 50 heavy (non-hydrogen) atoms. The number of hydrogen-bond donors (Lipinski definition) is 0. The lowest BCUT2D eigenvalue weighted by molar-refractivity contribution is -0.223. The second-order valence-corrected chi connectivity index (χ2v) is 29.5. The van der Waals surface area contributed by atoms with Gasteiger partial charge >= 0.3 is 0 Å². The van der Waals surface area contributed by atoms with Crippen LogP contribution >= 0.6 is 0 Å². The molecule has 0 aromatic heterocycles. The van der Waals surface area contributed by atoms with E-state index in [9.17, 15) is 0 Å². The van der Waals surface area contributed by atoms with E-state index in [1.807, 2.05) is 6.08 Å². The minimum absolute atomic E-state index is 0.113. The van der Waals surface area contributed by atoms with Crippen molar-refractivity contribution in [2.75, 3.05) is 6.61 Å². The van der Waals surface area contributed by atoms with Crippen molar-refractivity contribution in [3.8, 4) is 0 Å². The second kappa shape index (κ2) is 16.1. The Hall–Kier alpha value is -0.506. The van der Waals surface area contributed by atoms with Gasteiger partial charge < -0.3 is 18.3 Å². The molecule has 1 unspecified atom stereocenters. The van der Waals surface area contributed by atoms with Gasteiger partial charge in [0.05, 0.1) is 17.8 Å². The molecule has 0 N–H and O–H groups in total. The molecule has 3 aliphatic carbocycles. The van der Waals surface area contributed by atoms with Crippen LogP contribution in [0.5, 0.6) is 0 Å². The highest BCUT2D eigenvalue weighted by Gasteiger charge is 2.50. The molecule has 4 nitrogen and oxygen atoms in total. The van der Waals surface area contributed by atoms with E-state index in [0.29, 0.717) is 24.9 Å². The molecule has 4 rings (SSSR count). The first-order valence-electron chi connectivity index (χ1n) is 23.2. The lowest BCUT2D eigenvalue weighted by atomic mass is 9.61. The van der Waals surface area contributed by atoms with Crippen molar-refractivity contribution >= 4 is 16.6 Å². The number of hydrogen-bond acceptors (Lipinski definition) is 4. The highest BCUT2D eigenvalue weighted by molar-refractivity contribution is 6.74. The number of fused-ring (bicyclic) bond motifs is 1. The van der Waals surface area contributed by atoms with Crippen molar-refractivity contribution in [3.63, 3.8) is 0 Å². The summed E-state index contributed by atoms with van der Waals surface area (Å²) in [4.78, 5) is 0. The summed E-state index contributed by atoms with van der Waals surface area (Å²) in [6, 6.07) is 0. The number of rotatable bonds is 11. The van der Waals surface area contributed by atoms with Crippen LogP contribution in [-0.2, 0) is 18.3 Å². The summed E-state index contributed by atoms with van der Waals surface area (Å²) in [6.07, 6.45) is 19.0. The maximum absolute atomic E-state index is 8.47. The molecule has 4 aliphatic rings. The molecule has 4 fully saturated rings. The molecule has 1 heterocycles. The van der Waals surface area contributed by atoms with E-state index in [1.165, 1.54) is 5.57 Å². The van der Waals surface area contributed by atoms with Gasteiger partial charge in [0.15, 0.2) is 22.9 Å². The summed E-state index contributed by atoms with van der Waals surface area (Å²) in [6.45, 7) is 24.5. The fourth-order valence-corrected chi connectivity index (χ4v) is 11.5. The highest BCUT2D eigenvalue weighted by atomic mass is 28.4. The Morgan fingerprint density at radius 1 is 0.840 bits per heavy atom. The third-order valence-corrected chi connectivity index (χ3v) is 23.1. The van der Waals surface area contributed by atoms with E-state index in [1.54, 1.807) is 12.5 Å². The first kappa shape index (κ1) is 34.0. The van der Waals surface area contributed by atoms with Crippen LogP contribution in [0.4, 0.5) is 0 Å². The first-order chi connectivity index (χ1) is 25.5. The van der Waals surface area contributed by atoms with Crippen molar-refractivity contribution in [3.05, 3.63) is 35.5 Å². The monoisotopic (exact) mass is 735 g/mol. The van der Waals surface area contributed by atoms with E-state index in [0.717, 1.165) is 64.2 Å². The van der Waals surface area contributed by atoms with Crippen LogP contribution in [0.1, 0.15) is 155 Å². The Kier molecular flexibility index (Phi) is 10.9. The smallest absolute Gasteiger partial charge is 0.192 e. The van der Waals surface area contributed by atoms with Crippen LogP contribution in [0.25, 0.3) is 0 Å². The van der Waals surface area contributed by atoms with Gasteiger partial charge in [0.25, 0.3) is 0 Å². The zero-order valence-electron chi connectivity index (χ0n) is 40.5. The normalized spacial score (nSPS) is 35.0. The van der Waals surface area contributed by atoms with Crippen LogP contribution in [-0.4, -0.2) is 47.3 Å². The van der Waals surface area contributed by atoms with Gasteiger partial charge in [-0.25, -0.2) is 0 Å². The molecule has 3 saturated carbocycles.